The Balaban J connectivity index is 1.79. The first-order chi connectivity index (χ1) is 15.1. The fraction of sp³-hybridized carbons (Fsp3) is 0.250. The molecule has 8 heteroatoms. The molecule has 32 heavy (non-hydrogen) atoms. The average molecular weight is 443 g/mol. The van der Waals surface area contributed by atoms with E-state index in [-0.39, 0.29) is 35.1 Å². The van der Waals surface area contributed by atoms with Gasteiger partial charge >= 0.3 is 5.97 Å². The molecule has 166 valence electrons. The number of hydrogen-bond donors (Lipinski definition) is 2. The summed E-state index contributed by atoms with van der Waals surface area (Å²) in [6.45, 7) is 1.68. The van der Waals surface area contributed by atoms with Crippen LogP contribution >= 0.6 is 0 Å². The summed E-state index contributed by atoms with van der Waals surface area (Å²) in [5, 5.41) is 12.5. The zero-order valence-electron chi connectivity index (χ0n) is 17.1. The Morgan fingerprint density at radius 3 is 2.66 bits per heavy atom. The third kappa shape index (κ3) is 4.26. The second-order valence-corrected chi connectivity index (χ2v) is 7.85. The van der Waals surface area contributed by atoms with Crippen molar-refractivity contribution in [2.45, 2.75) is 38.2 Å². The maximum Gasteiger partial charge on any atom is 0.337 e. The lowest BCUT2D eigenvalue weighted by Gasteiger charge is -2.22. The summed E-state index contributed by atoms with van der Waals surface area (Å²) in [6, 6.07) is 9.10. The third-order valence-electron chi connectivity index (χ3n) is 5.54. The summed E-state index contributed by atoms with van der Waals surface area (Å²) in [6.07, 6.45) is 0.629. The van der Waals surface area contributed by atoms with Crippen LogP contribution in [0.5, 0.6) is 0 Å². The maximum atomic E-state index is 14.3. The zero-order valence-corrected chi connectivity index (χ0v) is 17.1. The lowest BCUT2D eigenvalue weighted by Crippen LogP contribution is -2.18. The van der Waals surface area contributed by atoms with Crippen LogP contribution in [0, 0.1) is 5.82 Å². The molecule has 1 aromatic heterocycles. The third-order valence-corrected chi connectivity index (χ3v) is 5.54. The van der Waals surface area contributed by atoms with Crippen LogP contribution in [0.4, 0.5) is 18.9 Å². The van der Waals surface area contributed by atoms with Gasteiger partial charge in [-0.1, -0.05) is 18.2 Å². The van der Waals surface area contributed by atoms with Gasteiger partial charge in [0.05, 0.1) is 17.0 Å². The van der Waals surface area contributed by atoms with Crippen molar-refractivity contribution in [1.82, 2.24) is 0 Å². The highest BCUT2D eigenvalue weighted by Gasteiger charge is 2.32. The van der Waals surface area contributed by atoms with Crippen molar-refractivity contribution in [2.75, 3.05) is 5.32 Å². The van der Waals surface area contributed by atoms with Gasteiger partial charge in [0.1, 0.15) is 17.2 Å². The smallest absolute Gasteiger partial charge is 0.337 e. The van der Waals surface area contributed by atoms with E-state index < -0.39 is 35.6 Å². The predicted molar refractivity (Wildman–Crippen MR) is 115 cm³/mol. The lowest BCUT2D eigenvalue weighted by atomic mass is 9.94. The molecule has 5 nitrogen and oxygen atoms in total. The van der Waals surface area contributed by atoms with E-state index in [0.29, 0.717) is 16.8 Å². The molecular weight excluding hydrogens is 423 g/mol. The Morgan fingerprint density at radius 1 is 1.22 bits per heavy atom. The molecule has 0 fully saturated rings. The molecule has 0 unspecified atom stereocenters. The molecule has 0 radical (unpaired) electrons. The second-order valence-electron chi connectivity index (χ2n) is 7.85. The molecule has 0 saturated heterocycles. The molecule has 2 N–H and O–H groups in total. The Labute approximate surface area is 181 Å². The normalized spacial score (nSPS) is 16.4. The Morgan fingerprint density at radius 2 is 1.97 bits per heavy atom. The maximum absolute atomic E-state index is 14.3. The zero-order chi connectivity index (χ0) is 23.0. The molecule has 0 spiro atoms. The van der Waals surface area contributed by atoms with Crippen LogP contribution in [0.1, 0.15) is 53.9 Å². The number of fused-ring (bicyclic) bond motifs is 1. The van der Waals surface area contributed by atoms with E-state index in [0.717, 1.165) is 6.07 Å². The number of carbonyl (C=O) groups is 1. The van der Waals surface area contributed by atoms with Crippen molar-refractivity contribution in [3.05, 3.63) is 81.5 Å². The van der Waals surface area contributed by atoms with Crippen LogP contribution in [0.3, 0.4) is 0 Å². The number of hydrogen-bond acceptors (Lipinski definition) is 4. The van der Waals surface area contributed by atoms with E-state index in [4.69, 9.17) is 4.42 Å². The van der Waals surface area contributed by atoms with Crippen molar-refractivity contribution >= 4 is 28.2 Å². The highest BCUT2D eigenvalue weighted by molar-refractivity contribution is 5.94. The predicted octanol–water partition coefficient (Wildman–Crippen LogP) is 6.01. The van der Waals surface area contributed by atoms with Gasteiger partial charge in [-0.15, -0.1) is 0 Å². The minimum absolute atomic E-state index is 0.0191. The van der Waals surface area contributed by atoms with E-state index in [1.165, 1.54) is 24.3 Å². The largest absolute Gasteiger partial charge is 0.478 e. The molecule has 0 amide bonds. The monoisotopic (exact) mass is 443 g/mol. The van der Waals surface area contributed by atoms with Gasteiger partial charge in [-0.05, 0) is 43.2 Å². The van der Waals surface area contributed by atoms with Crippen molar-refractivity contribution in [3.8, 4) is 0 Å². The first-order valence-electron chi connectivity index (χ1n) is 10.1. The summed E-state index contributed by atoms with van der Waals surface area (Å²) in [5.74, 6) is -4.39. The minimum atomic E-state index is -2.79. The number of nitrogens with one attached hydrogen (secondary N) is 1. The Hall–Kier alpha value is -3.55. The molecule has 2 aromatic carbocycles. The van der Waals surface area contributed by atoms with Gasteiger partial charge in [0, 0.05) is 30.2 Å². The van der Waals surface area contributed by atoms with E-state index in [9.17, 15) is 27.9 Å². The molecule has 1 heterocycles. The van der Waals surface area contributed by atoms with E-state index in [1.807, 2.05) is 0 Å². The van der Waals surface area contributed by atoms with Gasteiger partial charge in [-0.2, -0.15) is 0 Å². The van der Waals surface area contributed by atoms with Crippen molar-refractivity contribution in [1.29, 1.82) is 0 Å². The number of rotatable bonds is 5. The highest BCUT2D eigenvalue weighted by Crippen LogP contribution is 2.37. The Bertz CT molecular complexity index is 1300. The van der Waals surface area contributed by atoms with Gasteiger partial charge in [-0.3, -0.25) is 4.79 Å². The van der Waals surface area contributed by atoms with E-state index >= 15 is 0 Å². The lowest BCUT2D eigenvalue weighted by molar-refractivity contribution is -0.00617. The van der Waals surface area contributed by atoms with Crippen molar-refractivity contribution in [2.24, 2.45) is 0 Å². The number of halogens is 3. The van der Waals surface area contributed by atoms with Gasteiger partial charge in [0.25, 0.3) is 5.92 Å². The molecular formula is C24H20F3NO4. The number of alkyl halides is 2. The van der Waals surface area contributed by atoms with Gasteiger partial charge in [-0.25, -0.2) is 18.0 Å². The molecule has 4 rings (SSSR count). The number of para-hydroxylation sites is 1. The van der Waals surface area contributed by atoms with Crippen LogP contribution in [0.2, 0.25) is 0 Å². The standard InChI is InChI=1S/C24H20F3NO4/c1-13(28-19-5-3-2-4-16(19)23(30)31)17-10-15(25)11-18-20(29)12-21(32-22(17)18)14-6-8-24(26,27)9-7-14/h2-6,10-13,28H,7-9H2,1H3,(H,30,31)/t13-/m1/s1. The van der Waals surface area contributed by atoms with Crippen LogP contribution in [0.25, 0.3) is 16.5 Å². The fourth-order valence-corrected chi connectivity index (χ4v) is 3.85. The number of benzene rings is 2. The summed E-state index contributed by atoms with van der Waals surface area (Å²) in [4.78, 5) is 24.2. The van der Waals surface area contributed by atoms with Crippen LogP contribution in [-0.2, 0) is 0 Å². The van der Waals surface area contributed by atoms with Crippen LogP contribution in [-0.4, -0.2) is 17.0 Å². The SMILES string of the molecule is C[C@@H](Nc1ccccc1C(=O)O)c1cc(F)cc2c(=O)cc(C3=CCC(F)(F)CC3)oc12. The van der Waals surface area contributed by atoms with Crippen molar-refractivity contribution < 1.29 is 27.5 Å². The van der Waals surface area contributed by atoms with Gasteiger partial charge in [0.2, 0.25) is 0 Å². The van der Waals surface area contributed by atoms with Gasteiger partial charge < -0.3 is 14.8 Å². The quantitative estimate of drug-likeness (QED) is 0.505. The molecule has 1 aliphatic carbocycles. The fourth-order valence-electron chi connectivity index (χ4n) is 3.85. The molecule has 0 saturated carbocycles. The molecule has 0 bridgehead atoms. The van der Waals surface area contributed by atoms with Crippen LogP contribution in [0.15, 0.2) is 57.8 Å². The van der Waals surface area contributed by atoms with Gasteiger partial charge in [0.15, 0.2) is 5.43 Å². The second kappa shape index (κ2) is 8.18. The summed E-state index contributed by atoms with van der Waals surface area (Å²) in [5.41, 5.74) is 0.803. The number of allylic oxidation sites excluding steroid dienone is 2. The molecule has 1 aliphatic rings. The number of carboxylic acid groups (broad SMARTS) is 1. The molecule has 1 atom stereocenters. The first-order valence-corrected chi connectivity index (χ1v) is 10.1. The first kappa shape index (κ1) is 21.7. The summed E-state index contributed by atoms with van der Waals surface area (Å²) >= 11 is 0. The van der Waals surface area contributed by atoms with Crippen LogP contribution < -0.4 is 10.7 Å². The van der Waals surface area contributed by atoms with E-state index in [2.05, 4.69) is 5.32 Å². The number of anilines is 1. The molecule has 0 aliphatic heterocycles. The highest BCUT2D eigenvalue weighted by atomic mass is 19.3. The van der Waals surface area contributed by atoms with Crippen molar-refractivity contribution in [3.63, 3.8) is 0 Å². The Kier molecular flexibility index (Phi) is 5.54. The average Bonchev–Trinajstić information content (AvgIpc) is 2.74. The summed E-state index contributed by atoms with van der Waals surface area (Å²) < 4.78 is 47.3. The topological polar surface area (TPSA) is 79.5 Å². The summed E-state index contributed by atoms with van der Waals surface area (Å²) in [7, 11) is 0. The molecule has 3 aromatic rings. The van der Waals surface area contributed by atoms with E-state index in [1.54, 1.807) is 25.1 Å². The number of aromatic carboxylic acids is 1. The minimum Gasteiger partial charge on any atom is -0.478 e. The number of carboxylic acids is 1.